The molecule has 50 valence electrons. The van der Waals surface area contributed by atoms with Crippen LogP contribution in [-0.4, -0.2) is 17.6 Å². The number of rotatable bonds is 3. The van der Waals surface area contributed by atoms with Crippen molar-refractivity contribution in [1.82, 2.24) is 0 Å². The summed E-state index contributed by atoms with van der Waals surface area (Å²) in [5.41, 5.74) is 5.08. The first-order valence-corrected chi connectivity index (χ1v) is 2.53. The topological polar surface area (TPSA) is 63.3 Å². The van der Waals surface area contributed by atoms with Crippen LogP contribution in [0.4, 0.5) is 0 Å². The molecule has 0 rings (SSSR count). The van der Waals surface area contributed by atoms with Crippen molar-refractivity contribution in [3.05, 3.63) is 24.3 Å². The van der Waals surface area contributed by atoms with E-state index in [1.807, 2.05) is 0 Å². The van der Waals surface area contributed by atoms with Crippen LogP contribution < -0.4 is 5.73 Å². The van der Waals surface area contributed by atoms with Gasteiger partial charge in [0, 0.05) is 12.6 Å². The summed E-state index contributed by atoms with van der Waals surface area (Å²) < 4.78 is 0. The summed E-state index contributed by atoms with van der Waals surface area (Å²) in [5.74, 6) is -0.948. The molecule has 0 aromatic carbocycles. The molecule has 0 amide bonds. The molecule has 3 heteroatoms. The second-order valence-electron chi connectivity index (χ2n) is 1.36. The van der Waals surface area contributed by atoms with Crippen LogP contribution in [-0.2, 0) is 4.79 Å². The van der Waals surface area contributed by atoms with E-state index in [-0.39, 0.29) is 0 Å². The molecule has 0 spiro atoms. The minimum atomic E-state index is -0.948. The van der Waals surface area contributed by atoms with Crippen LogP contribution in [0.3, 0.4) is 0 Å². The molecule has 0 unspecified atom stereocenters. The van der Waals surface area contributed by atoms with Crippen LogP contribution in [0.15, 0.2) is 24.3 Å². The van der Waals surface area contributed by atoms with E-state index < -0.39 is 5.97 Å². The minimum absolute atomic E-state index is 0.434. The number of carboxylic acids is 1. The highest BCUT2D eigenvalue weighted by Crippen LogP contribution is 1.74. The molecule has 0 aliphatic carbocycles. The molecule has 0 bridgehead atoms. The van der Waals surface area contributed by atoms with Gasteiger partial charge in [0.25, 0.3) is 0 Å². The lowest BCUT2D eigenvalue weighted by Crippen LogP contribution is -1.91. The number of allylic oxidation sites excluding steroid dienone is 2. The van der Waals surface area contributed by atoms with E-state index in [0.29, 0.717) is 6.54 Å². The first-order chi connectivity index (χ1) is 4.27. The van der Waals surface area contributed by atoms with Gasteiger partial charge in [-0.1, -0.05) is 18.2 Å². The van der Waals surface area contributed by atoms with E-state index in [1.165, 1.54) is 6.08 Å². The van der Waals surface area contributed by atoms with E-state index in [1.54, 1.807) is 12.2 Å². The van der Waals surface area contributed by atoms with Gasteiger partial charge in [-0.05, 0) is 0 Å². The van der Waals surface area contributed by atoms with Crippen LogP contribution in [0.25, 0.3) is 0 Å². The summed E-state index contributed by atoms with van der Waals surface area (Å²) in [4.78, 5) is 9.81. The molecular weight excluding hydrogens is 118 g/mol. The molecule has 0 fully saturated rings. The fraction of sp³-hybridized carbons (Fsp3) is 0.167. The van der Waals surface area contributed by atoms with Crippen LogP contribution in [0, 0.1) is 0 Å². The van der Waals surface area contributed by atoms with E-state index >= 15 is 0 Å². The van der Waals surface area contributed by atoms with Gasteiger partial charge in [-0.25, -0.2) is 4.79 Å². The van der Waals surface area contributed by atoms with Crippen LogP contribution in [0.1, 0.15) is 0 Å². The average molecular weight is 127 g/mol. The second-order valence-corrected chi connectivity index (χ2v) is 1.36. The Bertz CT molecular complexity index is 138. The van der Waals surface area contributed by atoms with E-state index in [9.17, 15) is 4.79 Å². The van der Waals surface area contributed by atoms with E-state index in [2.05, 4.69) is 0 Å². The summed E-state index contributed by atoms with van der Waals surface area (Å²) in [6.45, 7) is 0.434. The number of hydrogen-bond acceptors (Lipinski definition) is 2. The Morgan fingerprint density at radius 3 is 2.67 bits per heavy atom. The maximum Gasteiger partial charge on any atom is 0.328 e. The molecule has 0 radical (unpaired) electrons. The van der Waals surface area contributed by atoms with Crippen molar-refractivity contribution in [2.45, 2.75) is 0 Å². The van der Waals surface area contributed by atoms with Crippen molar-refractivity contribution < 1.29 is 9.90 Å². The van der Waals surface area contributed by atoms with Gasteiger partial charge in [0.1, 0.15) is 0 Å². The Labute approximate surface area is 53.5 Å². The largest absolute Gasteiger partial charge is 0.478 e. The van der Waals surface area contributed by atoms with Gasteiger partial charge in [0.2, 0.25) is 0 Å². The smallest absolute Gasteiger partial charge is 0.328 e. The second kappa shape index (κ2) is 5.05. The monoisotopic (exact) mass is 127 g/mol. The zero-order valence-corrected chi connectivity index (χ0v) is 4.95. The highest BCUT2D eigenvalue weighted by atomic mass is 16.4. The van der Waals surface area contributed by atoms with Gasteiger partial charge in [0.15, 0.2) is 0 Å². The van der Waals surface area contributed by atoms with Crippen molar-refractivity contribution in [2.75, 3.05) is 6.54 Å². The van der Waals surface area contributed by atoms with Gasteiger partial charge in [-0.3, -0.25) is 0 Å². The summed E-state index contributed by atoms with van der Waals surface area (Å²) in [6.07, 6.45) is 5.73. The Kier molecular flexibility index (Phi) is 4.44. The third kappa shape index (κ3) is 6.91. The molecule has 0 heterocycles. The maximum atomic E-state index is 9.81. The number of carbonyl (C=O) groups is 1. The fourth-order valence-electron chi connectivity index (χ4n) is 0.295. The summed E-state index contributed by atoms with van der Waals surface area (Å²) in [6, 6.07) is 0. The Morgan fingerprint density at radius 1 is 1.56 bits per heavy atom. The van der Waals surface area contributed by atoms with Crippen molar-refractivity contribution in [1.29, 1.82) is 0 Å². The Morgan fingerprint density at radius 2 is 2.22 bits per heavy atom. The van der Waals surface area contributed by atoms with Gasteiger partial charge in [-0.15, -0.1) is 0 Å². The predicted molar refractivity (Wildman–Crippen MR) is 35.0 cm³/mol. The molecule has 0 aromatic heterocycles. The van der Waals surface area contributed by atoms with Crippen LogP contribution >= 0.6 is 0 Å². The van der Waals surface area contributed by atoms with Gasteiger partial charge < -0.3 is 10.8 Å². The van der Waals surface area contributed by atoms with E-state index in [4.69, 9.17) is 10.8 Å². The van der Waals surface area contributed by atoms with Gasteiger partial charge in [-0.2, -0.15) is 0 Å². The Hall–Kier alpha value is -1.09. The molecule has 3 nitrogen and oxygen atoms in total. The molecule has 0 aliphatic rings. The lowest BCUT2D eigenvalue weighted by molar-refractivity contribution is -0.131. The first kappa shape index (κ1) is 7.91. The molecule has 0 aromatic rings. The van der Waals surface area contributed by atoms with Crippen molar-refractivity contribution in [3.8, 4) is 0 Å². The highest BCUT2D eigenvalue weighted by Gasteiger charge is 1.78. The number of hydrogen-bond donors (Lipinski definition) is 2. The molecule has 3 N–H and O–H groups in total. The van der Waals surface area contributed by atoms with Crippen molar-refractivity contribution >= 4 is 5.97 Å². The predicted octanol–water partition coefficient (Wildman–Crippen LogP) is 0.142. The highest BCUT2D eigenvalue weighted by molar-refractivity contribution is 5.80. The third-order valence-corrected chi connectivity index (χ3v) is 0.622. The fourth-order valence-corrected chi connectivity index (χ4v) is 0.295. The maximum absolute atomic E-state index is 9.81. The average Bonchev–Trinajstić information content (AvgIpc) is 1.80. The Balaban J connectivity index is 3.47. The summed E-state index contributed by atoms with van der Waals surface area (Å²) in [7, 11) is 0. The zero-order chi connectivity index (χ0) is 7.11. The van der Waals surface area contributed by atoms with Crippen molar-refractivity contribution in [2.24, 2.45) is 5.73 Å². The number of carboxylic acid groups (broad SMARTS) is 1. The lowest BCUT2D eigenvalue weighted by Gasteiger charge is -1.75. The molecule has 0 atom stereocenters. The van der Waals surface area contributed by atoms with Crippen LogP contribution in [0.5, 0.6) is 0 Å². The molecule has 0 aliphatic heterocycles. The summed E-state index contributed by atoms with van der Waals surface area (Å²) in [5, 5.41) is 8.06. The zero-order valence-electron chi connectivity index (χ0n) is 4.95. The SMILES string of the molecule is NC/C=C/C=C/C(=O)O. The molecule has 9 heavy (non-hydrogen) atoms. The first-order valence-electron chi connectivity index (χ1n) is 2.53. The third-order valence-electron chi connectivity index (χ3n) is 0.622. The van der Waals surface area contributed by atoms with Crippen molar-refractivity contribution in [3.63, 3.8) is 0 Å². The van der Waals surface area contributed by atoms with Crippen LogP contribution in [0.2, 0.25) is 0 Å². The number of nitrogens with two attached hydrogens (primary N) is 1. The lowest BCUT2D eigenvalue weighted by atomic mass is 10.4. The van der Waals surface area contributed by atoms with Gasteiger partial charge in [0.05, 0.1) is 0 Å². The van der Waals surface area contributed by atoms with Gasteiger partial charge >= 0.3 is 5.97 Å². The standard InChI is InChI=1S/C6H9NO2/c7-5-3-1-2-4-6(8)9/h1-4H,5,7H2,(H,8,9)/b3-1+,4-2+. The quantitative estimate of drug-likeness (QED) is 0.418. The summed E-state index contributed by atoms with van der Waals surface area (Å²) >= 11 is 0. The molecule has 0 saturated carbocycles. The molecular formula is C6H9NO2. The minimum Gasteiger partial charge on any atom is -0.478 e. The van der Waals surface area contributed by atoms with E-state index in [0.717, 1.165) is 6.08 Å². The number of aliphatic carboxylic acids is 1. The normalized spacial score (nSPS) is 11.2. The molecule has 0 saturated heterocycles.